The Morgan fingerprint density at radius 1 is 0.369 bits per heavy atom. The van der Waals surface area contributed by atoms with E-state index in [1.54, 1.807) is 0 Å². The number of hydrogen-bond acceptors (Lipinski definition) is 4. The summed E-state index contributed by atoms with van der Waals surface area (Å²) < 4.78 is 9.12. The summed E-state index contributed by atoms with van der Waals surface area (Å²) in [6.07, 6.45) is 0. The van der Waals surface area contributed by atoms with Gasteiger partial charge in [-0.1, -0.05) is 164 Å². The molecule has 1 aliphatic heterocycles. The number of hydrogen-bond donors (Lipinski definition) is 0. The summed E-state index contributed by atoms with van der Waals surface area (Å²) in [5.41, 5.74) is 14.7. The van der Waals surface area contributed by atoms with Crippen molar-refractivity contribution < 1.29 is 4.74 Å². The Bertz CT molecular complexity index is 3800. The van der Waals surface area contributed by atoms with Crippen molar-refractivity contribution >= 4 is 60.5 Å². The Labute approximate surface area is 375 Å². The Hall–Kier alpha value is -8.80. The molecule has 5 heteroatoms. The molecule has 0 saturated carbocycles. The fraction of sp³-hybridized carbons (Fsp3) is 0. The van der Waals surface area contributed by atoms with Gasteiger partial charge in [0.2, 0.25) is 0 Å². The van der Waals surface area contributed by atoms with Crippen LogP contribution < -0.4 is 9.64 Å². The minimum absolute atomic E-state index is 0.680. The molecule has 0 saturated heterocycles. The largest absolute Gasteiger partial charge is 0.453 e. The van der Waals surface area contributed by atoms with Crippen molar-refractivity contribution in [3.05, 3.63) is 231 Å². The maximum Gasteiger partial charge on any atom is 0.160 e. The van der Waals surface area contributed by atoms with Crippen LogP contribution in [0.4, 0.5) is 17.1 Å². The first-order chi connectivity index (χ1) is 32.2. The third kappa shape index (κ3) is 6.09. The summed E-state index contributed by atoms with van der Waals surface area (Å²) >= 11 is 0. The number of benzene rings is 10. The first-order valence-electron chi connectivity index (χ1n) is 22.0. The fourth-order valence-corrected chi connectivity index (χ4v) is 9.79. The normalized spacial score (nSPS) is 12.1. The van der Waals surface area contributed by atoms with Crippen LogP contribution in [0.25, 0.3) is 94.1 Å². The highest BCUT2D eigenvalue weighted by Crippen LogP contribution is 2.52. The van der Waals surface area contributed by atoms with Gasteiger partial charge >= 0.3 is 0 Å². The van der Waals surface area contributed by atoms with Gasteiger partial charge in [0.1, 0.15) is 0 Å². The maximum atomic E-state index is 6.72. The van der Waals surface area contributed by atoms with Gasteiger partial charge in [-0.3, -0.25) is 0 Å². The molecule has 2 aromatic heterocycles. The Balaban J connectivity index is 0.975. The molecule has 0 bridgehead atoms. The van der Waals surface area contributed by atoms with Crippen LogP contribution >= 0.6 is 0 Å². The molecule has 5 nitrogen and oxygen atoms in total. The van der Waals surface area contributed by atoms with Crippen molar-refractivity contribution in [2.45, 2.75) is 0 Å². The van der Waals surface area contributed by atoms with Crippen LogP contribution in [0.2, 0.25) is 0 Å². The second kappa shape index (κ2) is 14.9. The highest BCUT2D eigenvalue weighted by atomic mass is 16.5. The van der Waals surface area contributed by atoms with Gasteiger partial charge in [0.05, 0.1) is 33.6 Å². The molecule has 1 aliphatic rings. The number of aromatic nitrogens is 3. The standard InChI is InChI=1S/C60H38N4O/c1-3-15-39(16-4-1)40-29-31-42(32-30-40)59-49-23-9-10-25-50(49)61-60(62-59)44-18-13-21-46(37-44)64-53-27-14-24-48(58(53)57-47-22-8-7-17-41(47)33-36-54(57)64)43-34-35-52-56(38-43)65-55-28-12-11-26-51(55)63(52)45-19-5-2-6-20-45/h1-38H. The van der Waals surface area contributed by atoms with E-state index in [0.717, 1.165) is 84.1 Å². The first-order valence-corrected chi connectivity index (χ1v) is 22.0. The molecule has 0 N–H and O–H groups in total. The second-order valence-electron chi connectivity index (χ2n) is 16.5. The summed E-state index contributed by atoms with van der Waals surface area (Å²) in [5, 5.41) is 5.81. The number of rotatable bonds is 6. The van der Waals surface area contributed by atoms with Crippen molar-refractivity contribution in [2.24, 2.45) is 0 Å². The molecule has 0 radical (unpaired) electrons. The molecule has 10 aromatic carbocycles. The van der Waals surface area contributed by atoms with E-state index >= 15 is 0 Å². The minimum Gasteiger partial charge on any atom is -0.453 e. The molecule has 0 fully saturated rings. The van der Waals surface area contributed by atoms with Gasteiger partial charge in [0, 0.05) is 38.7 Å². The van der Waals surface area contributed by atoms with Gasteiger partial charge in [-0.15, -0.1) is 0 Å². The lowest BCUT2D eigenvalue weighted by Crippen LogP contribution is -2.15. The monoisotopic (exact) mass is 830 g/mol. The predicted octanol–water partition coefficient (Wildman–Crippen LogP) is 16.1. The first kappa shape index (κ1) is 36.8. The van der Waals surface area contributed by atoms with E-state index in [0.29, 0.717) is 5.82 Å². The number of nitrogens with zero attached hydrogens (tertiary/aromatic N) is 4. The summed E-state index contributed by atoms with van der Waals surface area (Å²) in [5.74, 6) is 2.31. The summed E-state index contributed by atoms with van der Waals surface area (Å²) in [6.45, 7) is 0. The number of ether oxygens (including phenoxy) is 1. The lowest BCUT2D eigenvalue weighted by Gasteiger charge is -2.33. The number of fused-ring (bicyclic) bond motifs is 8. The number of anilines is 3. The molecule has 0 atom stereocenters. The molecule has 0 aliphatic carbocycles. The summed E-state index contributed by atoms with van der Waals surface area (Å²) in [7, 11) is 0. The van der Waals surface area contributed by atoms with E-state index < -0.39 is 0 Å². The third-order valence-electron chi connectivity index (χ3n) is 12.8. The SMILES string of the molecule is c1ccc(-c2ccc(-c3nc(-c4cccc(-n5c6cccc(-c7ccc8c(c7)Oc7ccccc7N8c7ccccc7)c6c6c7ccccc7ccc65)c4)nc4ccccc34)cc2)cc1. The highest BCUT2D eigenvalue weighted by Gasteiger charge is 2.27. The summed E-state index contributed by atoms with van der Waals surface area (Å²) in [6, 6.07) is 81.4. The topological polar surface area (TPSA) is 43.2 Å². The van der Waals surface area contributed by atoms with Gasteiger partial charge in [-0.2, -0.15) is 0 Å². The van der Waals surface area contributed by atoms with Crippen LogP contribution in [0, 0.1) is 0 Å². The highest BCUT2D eigenvalue weighted by molar-refractivity contribution is 6.25. The zero-order valence-corrected chi connectivity index (χ0v) is 35.1. The van der Waals surface area contributed by atoms with Crippen molar-refractivity contribution in [3.8, 4) is 62.1 Å². The molecule has 304 valence electrons. The zero-order chi connectivity index (χ0) is 42.8. The van der Waals surface area contributed by atoms with E-state index in [-0.39, 0.29) is 0 Å². The molecule has 0 unspecified atom stereocenters. The van der Waals surface area contributed by atoms with Crippen molar-refractivity contribution in [1.82, 2.24) is 14.5 Å². The molecule has 65 heavy (non-hydrogen) atoms. The van der Waals surface area contributed by atoms with Gasteiger partial charge in [-0.05, 0) is 99.8 Å². The smallest absolute Gasteiger partial charge is 0.160 e. The third-order valence-corrected chi connectivity index (χ3v) is 12.8. The van der Waals surface area contributed by atoms with E-state index in [4.69, 9.17) is 14.7 Å². The van der Waals surface area contributed by atoms with Crippen LogP contribution in [-0.2, 0) is 0 Å². The number of para-hydroxylation sites is 4. The Morgan fingerprint density at radius 3 is 1.89 bits per heavy atom. The Kier molecular flexibility index (Phi) is 8.46. The van der Waals surface area contributed by atoms with E-state index in [1.807, 2.05) is 24.3 Å². The molecule has 12 aromatic rings. The summed E-state index contributed by atoms with van der Waals surface area (Å²) in [4.78, 5) is 12.8. The van der Waals surface area contributed by atoms with Gasteiger partial charge in [0.15, 0.2) is 17.3 Å². The van der Waals surface area contributed by atoms with Crippen LogP contribution in [0.15, 0.2) is 231 Å². The average Bonchev–Trinajstić information content (AvgIpc) is 3.73. The maximum absolute atomic E-state index is 6.72. The average molecular weight is 831 g/mol. The van der Waals surface area contributed by atoms with Crippen molar-refractivity contribution in [2.75, 3.05) is 4.90 Å². The van der Waals surface area contributed by atoms with Crippen LogP contribution in [0.1, 0.15) is 0 Å². The molecule has 0 spiro atoms. The van der Waals surface area contributed by atoms with E-state index in [9.17, 15) is 0 Å². The molecule has 3 heterocycles. The molecular weight excluding hydrogens is 793 g/mol. The zero-order valence-electron chi connectivity index (χ0n) is 35.1. The van der Waals surface area contributed by atoms with Crippen molar-refractivity contribution in [1.29, 1.82) is 0 Å². The predicted molar refractivity (Wildman–Crippen MR) is 268 cm³/mol. The lowest BCUT2D eigenvalue weighted by molar-refractivity contribution is 0.477. The van der Waals surface area contributed by atoms with Crippen molar-refractivity contribution in [3.63, 3.8) is 0 Å². The lowest BCUT2D eigenvalue weighted by atomic mass is 9.96. The quantitative estimate of drug-likeness (QED) is 0.167. The molecule has 13 rings (SSSR count). The minimum atomic E-state index is 0.680. The van der Waals surface area contributed by atoms with Gasteiger partial charge in [0.25, 0.3) is 0 Å². The molecular formula is C60H38N4O. The Morgan fingerprint density at radius 2 is 1.02 bits per heavy atom. The van der Waals surface area contributed by atoms with Gasteiger partial charge in [-0.25, -0.2) is 9.97 Å². The van der Waals surface area contributed by atoms with E-state index in [2.05, 4.69) is 216 Å². The fourth-order valence-electron chi connectivity index (χ4n) is 9.79. The van der Waals surface area contributed by atoms with Crippen LogP contribution in [0.3, 0.4) is 0 Å². The molecule has 0 amide bonds. The van der Waals surface area contributed by atoms with E-state index in [1.165, 1.54) is 32.7 Å². The van der Waals surface area contributed by atoms with Crippen LogP contribution in [-0.4, -0.2) is 14.5 Å². The van der Waals surface area contributed by atoms with Gasteiger partial charge < -0.3 is 14.2 Å². The second-order valence-corrected chi connectivity index (χ2v) is 16.5. The van der Waals surface area contributed by atoms with Crippen LogP contribution in [0.5, 0.6) is 11.5 Å².